The van der Waals surface area contributed by atoms with Crippen molar-refractivity contribution in [3.63, 3.8) is 0 Å². The second-order valence-electron chi connectivity index (χ2n) is 9.70. The van der Waals surface area contributed by atoms with Gasteiger partial charge in [-0.1, -0.05) is 30.3 Å². The van der Waals surface area contributed by atoms with Crippen molar-refractivity contribution in [2.75, 3.05) is 13.7 Å². The van der Waals surface area contributed by atoms with Crippen LogP contribution in [0, 0.1) is 0 Å². The molecule has 0 radical (unpaired) electrons. The van der Waals surface area contributed by atoms with Gasteiger partial charge < -0.3 is 15.4 Å². The Labute approximate surface area is 221 Å². The molecule has 1 fully saturated rings. The van der Waals surface area contributed by atoms with Crippen molar-refractivity contribution in [3.8, 4) is 0 Å². The van der Waals surface area contributed by atoms with Crippen LogP contribution < -0.4 is 21.9 Å². The maximum atomic E-state index is 13.4. The number of nitrogens with one attached hydrogen (secondary N) is 3. The third-order valence-electron chi connectivity index (χ3n) is 7.28. The quantitative estimate of drug-likeness (QED) is 0.166. The lowest BCUT2D eigenvalue weighted by Gasteiger charge is -2.46. The minimum atomic E-state index is -4.98. The molecule has 13 heteroatoms. The van der Waals surface area contributed by atoms with Crippen molar-refractivity contribution in [3.05, 3.63) is 70.8 Å². The summed E-state index contributed by atoms with van der Waals surface area (Å²) in [6, 6.07) is 9.70. The third kappa shape index (κ3) is 6.82. The van der Waals surface area contributed by atoms with E-state index in [1.165, 1.54) is 14.0 Å². The molecule has 1 aliphatic rings. The highest BCUT2D eigenvalue weighted by Gasteiger charge is 2.49. The number of rotatable bonds is 7. The minimum absolute atomic E-state index is 0.0529. The van der Waals surface area contributed by atoms with Gasteiger partial charge in [0.25, 0.3) is 0 Å². The summed E-state index contributed by atoms with van der Waals surface area (Å²) in [6.45, 7) is 1.34. The fraction of sp³-hybridized carbons (Fsp3) is 0.462. The van der Waals surface area contributed by atoms with Gasteiger partial charge in [0, 0.05) is 12.5 Å². The predicted molar refractivity (Wildman–Crippen MR) is 130 cm³/mol. The Hall–Kier alpha value is -3.32. The van der Waals surface area contributed by atoms with Gasteiger partial charge in [-0.05, 0) is 61.9 Å². The maximum Gasteiger partial charge on any atom is 0.416 e. The molecule has 0 aliphatic heterocycles. The first-order chi connectivity index (χ1) is 18.2. The fourth-order valence-electron chi connectivity index (χ4n) is 4.96. The summed E-state index contributed by atoms with van der Waals surface area (Å²) in [5, 5.41) is 5.15. The molecule has 1 aliphatic carbocycles. The van der Waals surface area contributed by atoms with Crippen LogP contribution in [-0.4, -0.2) is 31.1 Å². The van der Waals surface area contributed by atoms with E-state index in [1.54, 1.807) is 18.2 Å². The molecule has 0 saturated heterocycles. The molecule has 0 unspecified atom stereocenters. The smallest absolute Gasteiger partial charge is 0.373 e. The van der Waals surface area contributed by atoms with Crippen LogP contribution in [0.1, 0.15) is 61.0 Å². The zero-order chi connectivity index (χ0) is 29.1. The number of urea groups is 1. The number of amides is 3. The maximum absolute atomic E-state index is 13.4. The van der Waals surface area contributed by atoms with Gasteiger partial charge in [0.2, 0.25) is 5.91 Å². The lowest BCUT2D eigenvalue weighted by Crippen LogP contribution is -2.63. The molecule has 2 aromatic rings. The first-order valence-corrected chi connectivity index (χ1v) is 12.1. The van der Waals surface area contributed by atoms with Crippen LogP contribution in [-0.2, 0) is 27.3 Å². The van der Waals surface area contributed by atoms with E-state index in [2.05, 4.69) is 10.6 Å². The number of hydrogen-bond acceptors (Lipinski definition) is 4. The van der Waals surface area contributed by atoms with Crippen LogP contribution in [0.2, 0.25) is 0 Å². The van der Waals surface area contributed by atoms with Gasteiger partial charge in [-0.25, -0.2) is 10.6 Å². The highest BCUT2D eigenvalue weighted by atomic mass is 19.4. The number of hydrazine groups is 1. The summed E-state index contributed by atoms with van der Waals surface area (Å²) in [5.74, 6) is 4.77. The molecular weight excluding hydrogens is 530 g/mol. The summed E-state index contributed by atoms with van der Waals surface area (Å²) < 4.78 is 86.1. The second kappa shape index (κ2) is 11.4. The SMILES string of the molecule is CNC(=O)C1(NC(=O)NN)CCC(CO[C@H](C)c2cc(C(F)(F)F)cc(C(F)(F)F)c2)(c2ccccc2)CC1. The third-order valence-corrected chi connectivity index (χ3v) is 7.28. The molecule has 0 bridgehead atoms. The van der Waals surface area contributed by atoms with Crippen LogP contribution in [0.15, 0.2) is 48.5 Å². The topological polar surface area (TPSA) is 105 Å². The second-order valence-corrected chi connectivity index (χ2v) is 9.70. The van der Waals surface area contributed by atoms with Gasteiger partial charge in [0.05, 0.1) is 23.8 Å². The Bertz CT molecular complexity index is 1130. The highest BCUT2D eigenvalue weighted by Crippen LogP contribution is 2.45. The van der Waals surface area contributed by atoms with E-state index in [1.807, 2.05) is 17.6 Å². The molecule has 0 spiro atoms. The van der Waals surface area contributed by atoms with E-state index in [0.717, 1.165) is 5.56 Å². The van der Waals surface area contributed by atoms with Crippen molar-refractivity contribution in [1.82, 2.24) is 16.1 Å². The monoisotopic (exact) mass is 560 g/mol. The Morgan fingerprint density at radius 1 is 0.949 bits per heavy atom. The van der Waals surface area contributed by atoms with Crippen molar-refractivity contribution in [2.45, 2.75) is 62.0 Å². The van der Waals surface area contributed by atoms with E-state index in [4.69, 9.17) is 10.6 Å². The summed E-state index contributed by atoms with van der Waals surface area (Å²) in [6.07, 6.45) is -10.1. The van der Waals surface area contributed by atoms with Crippen LogP contribution in [0.3, 0.4) is 0 Å². The first-order valence-electron chi connectivity index (χ1n) is 12.1. The Morgan fingerprint density at radius 2 is 1.49 bits per heavy atom. The molecule has 0 aromatic heterocycles. The summed E-state index contributed by atoms with van der Waals surface area (Å²) in [4.78, 5) is 24.7. The van der Waals surface area contributed by atoms with Gasteiger partial charge in [-0.2, -0.15) is 26.3 Å². The predicted octanol–water partition coefficient (Wildman–Crippen LogP) is 4.97. The Balaban J connectivity index is 1.91. The normalized spacial score (nSPS) is 22.6. The fourth-order valence-corrected chi connectivity index (χ4v) is 4.96. The average Bonchev–Trinajstić information content (AvgIpc) is 2.91. The molecule has 0 heterocycles. The highest BCUT2D eigenvalue weighted by molar-refractivity contribution is 5.91. The number of benzene rings is 2. The summed E-state index contributed by atoms with van der Waals surface area (Å²) in [7, 11) is 1.43. The van der Waals surface area contributed by atoms with Crippen molar-refractivity contribution in [2.24, 2.45) is 5.84 Å². The molecular formula is C26H30F6N4O3. The molecule has 3 rings (SSSR count). The summed E-state index contributed by atoms with van der Waals surface area (Å²) >= 11 is 0. The van der Waals surface area contributed by atoms with Crippen LogP contribution in [0.4, 0.5) is 31.1 Å². The summed E-state index contributed by atoms with van der Waals surface area (Å²) in [5.41, 5.74) is -2.34. The van der Waals surface area contributed by atoms with E-state index in [9.17, 15) is 35.9 Å². The first kappa shape index (κ1) is 30.2. The molecule has 214 valence electrons. The van der Waals surface area contributed by atoms with Crippen molar-refractivity contribution >= 4 is 11.9 Å². The van der Waals surface area contributed by atoms with Gasteiger partial charge in [-0.15, -0.1) is 0 Å². The van der Waals surface area contributed by atoms with Gasteiger partial charge in [0.15, 0.2) is 0 Å². The number of hydrogen-bond donors (Lipinski definition) is 4. The van der Waals surface area contributed by atoms with Gasteiger partial charge in [0.1, 0.15) is 5.54 Å². The minimum Gasteiger partial charge on any atom is -0.373 e. The van der Waals surface area contributed by atoms with Gasteiger partial charge in [-0.3, -0.25) is 10.2 Å². The zero-order valence-electron chi connectivity index (χ0n) is 21.3. The lowest BCUT2D eigenvalue weighted by molar-refractivity contribution is -0.143. The number of alkyl halides is 6. The van der Waals surface area contributed by atoms with E-state index < -0.39 is 52.5 Å². The van der Waals surface area contributed by atoms with Crippen molar-refractivity contribution < 1.29 is 40.7 Å². The number of ether oxygens (including phenoxy) is 1. The van der Waals surface area contributed by atoms with Crippen LogP contribution >= 0.6 is 0 Å². The largest absolute Gasteiger partial charge is 0.416 e. The standard InChI is InChI=1S/C26H30F6N4O3/c1-16(17-12-19(25(27,28)29)14-20(13-17)26(30,31)32)39-15-23(18-6-4-3-5-7-18)8-10-24(11-9-23,21(37)34-2)35-22(38)36-33/h3-7,12-14,16H,8-11,15,33H2,1-2H3,(H,34,37)(H2,35,36,38)/t16-,23?,24?/m1/s1. The van der Waals surface area contributed by atoms with Crippen LogP contribution in [0.5, 0.6) is 0 Å². The zero-order valence-corrected chi connectivity index (χ0v) is 21.3. The number of carbonyl (C=O) groups excluding carboxylic acids is 2. The number of likely N-dealkylation sites (N-methyl/N-ethyl adjacent to an activating group) is 1. The molecule has 7 nitrogen and oxygen atoms in total. The van der Waals surface area contributed by atoms with E-state index in [-0.39, 0.29) is 31.1 Å². The number of halogens is 6. The van der Waals surface area contributed by atoms with E-state index >= 15 is 0 Å². The Morgan fingerprint density at radius 3 is 1.95 bits per heavy atom. The lowest BCUT2D eigenvalue weighted by atomic mass is 9.64. The van der Waals surface area contributed by atoms with Gasteiger partial charge >= 0.3 is 18.4 Å². The molecule has 1 saturated carbocycles. The molecule has 2 aromatic carbocycles. The van der Waals surface area contributed by atoms with Crippen LogP contribution in [0.25, 0.3) is 0 Å². The molecule has 5 N–H and O–H groups in total. The number of carbonyl (C=O) groups is 2. The van der Waals surface area contributed by atoms with Crippen molar-refractivity contribution in [1.29, 1.82) is 0 Å². The van der Waals surface area contributed by atoms with E-state index in [0.29, 0.717) is 25.0 Å². The Kier molecular flexibility index (Phi) is 8.85. The molecule has 39 heavy (non-hydrogen) atoms. The average molecular weight is 561 g/mol. The molecule has 1 atom stereocenters. The molecule has 3 amide bonds. The number of nitrogens with two attached hydrogens (primary N) is 1.